The molecule has 10 heteroatoms. The highest BCUT2D eigenvalue weighted by atomic mass is 16.5. The lowest BCUT2D eigenvalue weighted by molar-refractivity contribution is -0.117. The van der Waals surface area contributed by atoms with E-state index < -0.39 is 11.8 Å². The highest BCUT2D eigenvalue weighted by Gasteiger charge is 2.18. The summed E-state index contributed by atoms with van der Waals surface area (Å²) >= 11 is 0. The molecule has 1 rings (SSSR count). The second kappa shape index (κ2) is 7.22. The second-order valence-electron chi connectivity index (χ2n) is 4.45. The average Bonchev–Trinajstić information content (AvgIpc) is 2.35. The number of primary amides is 2. The van der Waals surface area contributed by atoms with Crippen LogP contribution in [0.2, 0.25) is 0 Å². The van der Waals surface area contributed by atoms with Crippen molar-refractivity contribution in [2.24, 2.45) is 11.5 Å². The van der Waals surface area contributed by atoms with Crippen molar-refractivity contribution in [3.05, 3.63) is 0 Å². The van der Waals surface area contributed by atoms with Gasteiger partial charge < -0.3 is 26.4 Å². The fraction of sp³-hybridized carbons (Fsp3) is 0.545. The highest BCUT2D eigenvalue weighted by molar-refractivity contribution is 5.84. The van der Waals surface area contributed by atoms with Crippen LogP contribution in [-0.4, -0.2) is 53.0 Å². The molecule has 0 unspecified atom stereocenters. The molecule has 0 spiro atoms. The molecule has 0 aliphatic carbocycles. The molecule has 0 atom stereocenters. The quantitative estimate of drug-likeness (QED) is 0.523. The molecule has 5 N–H and O–H groups in total. The largest absolute Gasteiger partial charge is 0.461 e. The molecule has 1 aromatic heterocycles. The van der Waals surface area contributed by atoms with E-state index in [0.717, 1.165) is 0 Å². The first kappa shape index (κ1) is 16.4. The SMILES string of the molecule is CNc1nc(OC(C)C)nc(N(CC(N)=O)CC(N)=O)n1. The molecule has 0 fully saturated rings. The predicted octanol–water partition coefficient (Wildman–Crippen LogP) is -1.52. The van der Waals surface area contributed by atoms with Crippen molar-refractivity contribution < 1.29 is 14.3 Å². The van der Waals surface area contributed by atoms with Gasteiger partial charge >= 0.3 is 6.01 Å². The molecule has 0 aliphatic rings. The standard InChI is InChI=1S/C11H19N7O3/c1-6(2)21-11-16-9(14-3)15-10(17-11)18(4-7(12)19)5-8(13)20/h6H,4-5H2,1-3H3,(H2,12,19)(H2,13,20)(H,14,15,16,17). The zero-order chi connectivity index (χ0) is 16.0. The van der Waals surface area contributed by atoms with Gasteiger partial charge in [0.15, 0.2) is 0 Å². The van der Waals surface area contributed by atoms with Gasteiger partial charge in [-0.25, -0.2) is 0 Å². The van der Waals surface area contributed by atoms with Crippen molar-refractivity contribution in [3.8, 4) is 6.01 Å². The van der Waals surface area contributed by atoms with Gasteiger partial charge in [-0.3, -0.25) is 9.59 Å². The first-order chi connectivity index (χ1) is 9.81. The van der Waals surface area contributed by atoms with E-state index in [1.54, 1.807) is 7.05 Å². The molecular formula is C11H19N7O3. The Morgan fingerprint density at radius 3 is 2.19 bits per heavy atom. The Labute approximate surface area is 121 Å². The molecule has 0 saturated carbocycles. The van der Waals surface area contributed by atoms with Crippen molar-refractivity contribution in [2.45, 2.75) is 20.0 Å². The van der Waals surface area contributed by atoms with Crippen molar-refractivity contribution in [3.63, 3.8) is 0 Å². The number of anilines is 2. The van der Waals surface area contributed by atoms with Gasteiger partial charge in [0.2, 0.25) is 23.7 Å². The molecule has 2 amide bonds. The number of rotatable bonds is 8. The third-order valence-corrected chi connectivity index (χ3v) is 2.14. The van der Waals surface area contributed by atoms with E-state index in [-0.39, 0.29) is 37.1 Å². The topological polar surface area (TPSA) is 149 Å². The maximum absolute atomic E-state index is 11.1. The van der Waals surface area contributed by atoms with Crippen LogP contribution < -0.4 is 26.4 Å². The summed E-state index contributed by atoms with van der Waals surface area (Å²) in [7, 11) is 1.62. The molecule has 1 aromatic rings. The van der Waals surface area contributed by atoms with Gasteiger partial charge in [0.25, 0.3) is 0 Å². The zero-order valence-corrected chi connectivity index (χ0v) is 12.2. The lowest BCUT2D eigenvalue weighted by Crippen LogP contribution is -2.40. The molecule has 0 aliphatic heterocycles. The van der Waals surface area contributed by atoms with E-state index in [1.165, 1.54) is 4.90 Å². The van der Waals surface area contributed by atoms with Gasteiger partial charge in [-0.1, -0.05) is 0 Å². The Morgan fingerprint density at radius 2 is 1.76 bits per heavy atom. The maximum atomic E-state index is 11.1. The number of aromatic nitrogens is 3. The van der Waals surface area contributed by atoms with Crippen LogP contribution in [0.15, 0.2) is 0 Å². The van der Waals surface area contributed by atoms with E-state index in [9.17, 15) is 9.59 Å². The van der Waals surface area contributed by atoms with Crippen molar-refractivity contribution in [2.75, 3.05) is 30.4 Å². The van der Waals surface area contributed by atoms with Crippen LogP contribution in [0.5, 0.6) is 6.01 Å². The molecule has 0 bridgehead atoms. The number of hydrogen-bond acceptors (Lipinski definition) is 8. The molecular weight excluding hydrogens is 278 g/mol. The van der Waals surface area contributed by atoms with E-state index in [4.69, 9.17) is 16.2 Å². The van der Waals surface area contributed by atoms with Crippen LogP contribution in [0.1, 0.15) is 13.8 Å². The summed E-state index contributed by atoms with van der Waals surface area (Å²) < 4.78 is 5.40. The number of nitrogens with one attached hydrogen (secondary N) is 1. The van der Waals surface area contributed by atoms with Gasteiger partial charge in [-0.15, -0.1) is 0 Å². The molecule has 21 heavy (non-hydrogen) atoms. The molecule has 0 radical (unpaired) electrons. The number of carbonyl (C=O) groups is 2. The van der Waals surface area contributed by atoms with Gasteiger partial charge in [0, 0.05) is 7.05 Å². The Balaban J connectivity index is 3.15. The minimum absolute atomic E-state index is 0.0679. The van der Waals surface area contributed by atoms with Gasteiger partial charge in [-0.2, -0.15) is 15.0 Å². The first-order valence-electron chi connectivity index (χ1n) is 6.23. The summed E-state index contributed by atoms with van der Waals surface area (Å²) in [5.74, 6) is -0.986. The number of ether oxygens (including phenoxy) is 1. The van der Waals surface area contributed by atoms with Crippen LogP contribution in [-0.2, 0) is 9.59 Å². The summed E-state index contributed by atoms with van der Waals surface area (Å²) in [6.07, 6.45) is -0.148. The fourth-order valence-corrected chi connectivity index (χ4v) is 1.44. The third-order valence-electron chi connectivity index (χ3n) is 2.14. The van der Waals surface area contributed by atoms with Crippen molar-refractivity contribution >= 4 is 23.7 Å². The Kier molecular flexibility index (Phi) is 5.64. The van der Waals surface area contributed by atoms with Crippen molar-refractivity contribution in [1.82, 2.24) is 15.0 Å². The van der Waals surface area contributed by atoms with Crippen LogP contribution in [0.4, 0.5) is 11.9 Å². The number of amides is 2. The molecule has 0 saturated heterocycles. The van der Waals surface area contributed by atoms with Crippen LogP contribution in [0, 0.1) is 0 Å². The minimum atomic E-state index is -0.644. The lowest BCUT2D eigenvalue weighted by Gasteiger charge is -2.20. The number of nitrogens with two attached hydrogens (primary N) is 2. The Morgan fingerprint density at radius 1 is 1.19 bits per heavy atom. The van der Waals surface area contributed by atoms with E-state index in [1.807, 2.05) is 13.8 Å². The van der Waals surface area contributed by atoms with Crippen molar-refractivity contribution in [1.29, 1.82) is 0 Å². The molecule has 1 heterocycles. The number of hydrogen-bond donors (Lipinski definition) is 3. The second-order valence-corrected chi connectivity index (χ2v) is 4.45. The fourth-order valence-electron chi connectivity index (χ4n) is 1.44. The zero-order valence-electron chi connectivity index (χ0n) is 12.2. The molecule has 10 nitrogen and oxygen atoms in total. The van der Waals surface area contributed by atoms with Gasteiger partial charge in [0.05, 0.1) is 6.10 Å². The average molecular weight is 297 g/mol. The summed E-state index contributed by atoms with van der Waals surface area (Å²) in [6.45, 7) is 3.12. The Hall–Kier alpha value is -2.65. The molecule has 116 valence electrons. The smallest absolute Gasteiger partial charge is 0.323 e. The predicted molar refractivity (Wildman–Crippen MR) is 75.7 cm³/mol. The number of carbonyl (C=O) groups excluding carboxylic acids is 2. The summed E-state index contributed by atoms with van der Waals surface area (Å²) in [5, 5.41) is 2.74. The summed E-state index contributed by atoms with van der Waals surface area (Å²) in [5.41, 5.74) is 10.3. The van der Waals surface area contributed by atoms with Gasteiger partial charge in [-0.05, 0) is 13.8 Å². The third kappa shape index (κ3) is 5.47. The van der Waals surface area contributed by atoms with E-state index in [0.29, 0.717) is 0 Å². The maximum Gasteiger partial charge on any atom is 0.323 e. The summed E-state index contributed by atoms with van der Waals surface area (Å²) in [6, 6.07) is 0.0679. The highest BCUT2D eigenvalue weighted by Crippen LogP contribution is 2.15. The monoisotopic (exact) mass is 297 g/mol. The first-order valence-corrected chi connectivity index (χ1v) is 6.23. The lowest BCUT2D eigenvalue weighted by atomic mass is 10.4. The van der Waals surface area contributed by atoms with E-state index >= 15 is 0 Å². The van der Waals surface area contributed by atoms with Gasteiger partial charge in [0.1, 0.15) is 13.1 Å². The van der Waals surface area contributed by atoms with Crippen LogP contribution >= 0.6 is 0 Å². The normalized spacial score (nSPS) is 10.3. The van der Waals surface area contributed by atoms with Crippen LogP contribution in [0.3, 0.4) is 0 Å². The summed E-state index contributed by atoms with van der Waals surface area (Å²) in [4.78, 5) is 35.6. The Bertz CT molecular complexity index is 505. The minimum Gasteiger partial charge on any atom is -0.461 e. The number of nitrogens with zero attached hydrogens (tertiary/aromatic N) is 4. The van der Waals surface area contributed by atoms with Crippen LogP contribution in [0.25, 0.3) is 0 Å². The molecule has 0 aromatic carbocycles. The van der Waals surface area contributed by atoms with E-state index in [2.05, 4.69) is 20.3 Å².